The van der Waals surface area contributed by atoms with E-state index in [2.05, 4.69) is 5.32 Å². The average Bonchev–Trinajstić information content (AvgIpc) is 2.38. The summed E-state index contributed by atoms with van der Waals surface area (Å²) in [5, 5.41) is 2.82. The van der Waals surface area contributed by atoms with Crippen molar-refractivity contribution >= 4 is 11.7 Å². The van der Waals surface area contributed by atoms with Crippen LogP contribution in [0.25, 0.3) is 0 Å². The first-order chi connectivity index (χ1) is 9.25. The van der Waals surface area contributed by atoms with Crippen molar-refractivity contribution in [2.45, 2.75) is 46.1 Å². The molecule has 0 aliphatic carbocycles. The lowest BCUT2D eigenvalue weighted by atomic mass is 9.99. The van der Waals surface area contributed by atoms with Crippen molar-refractivity contribution in [3.63, 3.8) is 0 Å². The highest BCUT2D eigenvalue weighted by atomic mass is 16.2. The fraction of sp³-hybridized carbons (Fsp3) is 0.500. The molecule has 1 aromatic rings. The molecule has 0 bridgehead atoms. The maximum absolute atomic E-state index is 12.2. The van der Waals surface area contributed by atoms with Crippen molar-refractivity contribution in [2.24, 2.45) is 5.73 Å². The number of nitrogens with one attached hydrogen (secondary N) is 1. The summed E-state index contributed by atoms with van der Waals surface area (Å²) in [5.41, 5.74) is 7.83. The Hall–Kier alpha value is -1.68. The van der Waals surface area contributed by atoms with Crippen LogP contribution in [0.4, 0.5) is 0 Å². The summed E-state index contributed by atoms with van der Waals surface area (Å²) in [7, 11) is 0. The number of amides is 1. The smallest absolute Gasteiger partial charge is 0.220 e. The van der Waals surface area contributed by atoms with Crippen molar-refractivity contribution in [3.8, 4) is 0 Å². The van der Waals surface area contributed by atoms with Crippen LogP contribution in [0.5, 0.6) is 0 Å². The highest BCUT2D eigenvalue weighted by Gasteiger charge is 2.19. The normalized spacial score (nSPS) is 11.2. The molecule has 0 aromatic heterocycles. The van der Waals surface area contributed by atoms with Crippen LogP contribution in [-0.4, -0.2) is 23.8 Å². The molecule has 0 saturated carbocycles. The molecule has 0 aliphatic rings. The molecule has 1 rings (SSSR count). The number of ketones is 1. The third kappa shape index (κ3) is 4.78. The van der Waals surface area contributed by atoms with Crippen LogP contribution in [0.1, 0.15) is 48.2 Å². The fourth-order valence-electron chi connectivity index (χ4n) is 1.89. The minimum atomic E-state index is -0.431. The van der Waals surface area contributed by atoms with Gasteiger partial charge in [-0.2, -0.15) is 0 Å². The van der Waals surface area contributed by atoms with Gasteiger partial charge in [0.2, 0.25) is 5.91 Å². The summed E-state index contributed by atoms with van der Waals surface area (Å²) in [5.74, 6) is -0.133. The van der Waals surface area contributed by atoms with Crippen molar-refractivity contribution in [1.82, 2.24) is 5.32 Å². The van der Waals surface area contributed by atoms with E-state index in [1.54, 1.807) is 0 Å². The van der Waals surface area contributed by atoms with Gasteiger partial charge in [0.05, 0.1) is 0 Å². The number of carbonyl (C=O) groups excluding carboxylic acids is 2. The number of hydrogen-bond acceptors (Lipinski definition) is 3. The van der Waals surface area contributed by atoms with E-state index in [9.17, 15) is 9.59 Å². The molecule has 1 amide bonds. The van der Waals surface area contributed by atoms with Gasteiger partial charge in [-0.1, -0.05) is 17.7 Å². The summed E-state index contributed by atoms with van der Waals surface area (Å²) in [4.78, 5) is 23.9. The summed E-state index contributed by atoms with van der Waals surface area (Å²) >= 11 is 0. The SMILES string of the molecule is Cc1ccc(C)c(C(=O)CCC(=O)NC(C)(C)CN)c1. The van der Waals surface area contributed by atoms with E-state index in [1.807, 2.05) is 45.9 Å². The van der Waals surface area contributed by atoms with Crippen molar-refractivity contribution in [3.05, 3.63) is 34.9 Å². The van der Waals surface area contributed by atoms with Gasteiger partial charge in [0.15, 0.2) is 5.78 Å². The highest BCUT2D eigenvalue weighted by molar-refractivity contribution is 5.99. The monoisotopic (exact) mass is 276 g/mol. The third-order valence-electron chi connectivity index (χ3n) is 3.26. The van der Waals surface area contributed by atoms with Crippen LogP contribution in [0.3, 0.4) is 0 Å². The standard InChI is InChI=1S/C16H24N2O2/c1-11-5-6-12(2)13(9-11)14(19)7-8-15(20)18-16(3,4)10-17/h5-6,9H,7-8,10,17H2,1-4H3,(H,18,20). The summed E-state index contributed by atoms with van der Waals surface area (Å²) in [6, 6.07) is 5.78. The van der Waals surface area contributed by atoms with E-state index in [-0.39, 0.29) is 24.5 Å². The number of carbonyl (C=O) groups is 2. The molecule has 0 spiro atoms. The van der Waals surface area contributed by atoms with Gasteiger partial charge in [0, 0.05) is 30.5 Å². The quantitative estimate of drug-likeness (QED) is 0.782. The Balaban J connectivity index is 2.60. The van der Waals surface area contributed by atoms with Gasteiger partial charge in [0.25, 0.3) is 0 Å². The number of rotatable bonds is 6. The van der Waals surface area contributed by atoms with Gasteiger partial charge in [-0.15, -0.1) is 0 Å². The zero-order valence-corrected chi connectivity index (χ0v) is 12.7. The van der Waals surface area contributed by atoms with E-state index >= 15 is 0 Å². The van der Waals surface area contributed by atoms with Crippen LogP contribution in [0.2, 0.25) is 0 Å². The molecule has 0 fully saturated rings. The lowest BCUT2D eigenvalue weighted by Crippen LogP contribution is -2.48. The Morgan fingerprint density at radius 2 is 1.85 bits per heavy atom. The second-order valence-electron chi connectivity index (χ2n) is 5.88. The van der Waals surface area contributed by atoms with Gasteiger partial charge in [-0.25, -0.2) is 0 Å². The van der Waals surface area contributed by atoms with Gasteiger partial charge in [0.1, 0.15) is 0 Å². The van der Waals surface area contributed by atoms with Crippen LogP contribution in [-0.2, 0) is 4.79 Å². The molecule has 110 valence electrons. The Morgan fingerprint density at radius 1 is 1.20 bits per heavy atom. The highest BCUT2D eigenvalue weighted by Crippen LogP contribution is 2.14. The van der Waals surface area contributed by atoms with E-state index in [4.69, 9.17) is 5.73 Å². The van der Waals surface area contributed by atoms with Crippen LogP contribution < -0.4 is 11.1 Å². The molecule has 0 unspecified atom stereocenters. The average molecular weight is 276 g/mol. The zero-order valence-electron chi connectivity index (χ0n) is 12.7. The van der Waals surface area contributed by atoms with E-state index in [0.717, 1.165) is 11.1 Å². The van der Waals surface area contributed by atoms with Crippen LogP contribution in [0, 0.1) is 13.8 Å². The Labute approximate surface area is 120 Å². The van der Waals surface area contributed by atoms with E-state index < -0.39 is 5.54 Å². The minimum absolute atomic E-state index is 0.00639. The number of benzene rings is 1. The number of nitrogens with two attached hydrogens (primary N) is 1. The predicted molar refractivity (Wildman–Crippen MR) is 80.8 cm³/mol. The topological polar surface area (TPSA) is 72.2 Å². The Kier molecular flexibility index (Phi) is 5.45. The molecule has 0 aliphatic heterocycles. The third-order valence-corrected chi connectivity index (χ3v) is 3.26. The van der Waals surface area contributed by atoms with Gasteiger partial charge >= 0.3 is 0 Å². The maximum atomic E-state index is 12.2. The number of Topliss-reactive ketones (excluding diaryl/α,β-unsaturated/α-hetero) is 1. The van der Waals surface area contributed by atoms with Gasteiger partial charge < -0.3 is 11.1 Å². The molecule has 4 nitrogen and oxygen atoms in total. The number of aryl methyl sites for hydroxylation is 2. The molecule has 1 aromatic carbocycles. The van der Waals surface area contributed by atoms with Crippen molar-refractivity contribution in [1.29, 1.82) is 0 Å². The molecule has 20 heavy (non-hydrogen) atoms. The molecule has 3 N–H and O–H groups in total. The zero-order chi connectivity index (χ0) is 15.3. The first-order valence-corrected chi connectivity index (χ1v) is 6.87. The molecule has 0 heterocycles. The van der Waals surface area contributed by atoms with E-state index in [0.29, 0.717) is 12.1 Å². The molecule has 0 atom stereocenters. The second kappa shape index (κ2) is 6.66. The van der Waals surface area contributed by atoms with Crippen molar-refractivity contribution < 1.29 is 9.59 Å². The predicted octanol–water partition coefficient (Wildman–Crippen LogP) is 2.12. The van der Waals surface area contributed by atoms with E-state index in [1.165, 1.54) is 0 Å². The molecule has 0 saturated heterocycles. The minimum Gasteiger partial charge on any atom is -0.350 e. The maximum Gasteiger partial charge on any atom is 0.220 e. The summed E-state index contributed by atoms with van der Waals surface area (Å²) in [6.45, 7) is 7.94. The first kappa shape index (κ1) is 16.4. The fourth-order valence-corrected chi connectivity index (χ4v) is 1.89. The number of hydrogen-bond donors (Lipinski definition) is 2. The van der Waals surface area contributed by atoms with Gasteiger partial charge in [-0.05, 0) is 39.3 Å². The molecule has 0 radical (unpaired) electrons. The van der Waals surface area contributed by atoms with Crippen molar-refractivity contribution in [2.75, 3.05) is 6.54 Å². The van der Waals surface area contributed by atoms with Crippen LogP contribution in [0.15, 0.2) is 18.2 Å². The lowest BCUT2D eigenvalue weighted by Gasteiger charge is -2.24. The lowest BCUT2D eigenvalue weighted by molar-refractivity contribution is -0.122. The van der Waals surface area contributed by atoms with Gasteiger partial charge in [-0.3, -0.25) is 9.59 Å². The molecular formula is C16H24N2O2. The molecular weight excluding hydrogens is 252 g/mol. The largest absolute Gasteiger partial charge is 0.350 e. The molecule has 4 heteroatoms. The Bertz CT molecular complexity index is 507. The second-order valence-corrected chi connectivity index (χ2v) is 5.88. The summed E-state index contributed by atoms with van der Waals surface area (Å²) < 4.78 is 0. The Morgan fingerprint density at radius 3 is 2.45 bits per heavy atom. The van der Waals surface area contributed by atoms with Crippen LogP contribution >= 0.6 is 0 Å². The summed E-state index contributed by atoms with van der Waals surface area (Å²) in [6.07, 6.45) is 0.409. The first-order valence-electron chi connectivity index (χ1n) is 6.87.